The van der Waals surface area contributed by atoms with Crippen LogP contribution in [0, 0.1) is 12.3 Å². The van der Waals surface area contributed by atoms with E-state index in [0.717, 1.165) is 13.0 Å². The maximum Gasteiger partial charge on any atom is 0.242 e. The lowest BCUT2D eigenvalue weighted by Gasteiger charge is -2.22. The molecule has 1 saturated heterocycles. The zero-order chi connectivity index (χ0) is 16.5. The van der Waals surface area contributed by atoms with Gasteiger partial charge in [-0.15, -0.1) is 0 Å². The van der Waals surface area contributed by atoms with Crippen LogP contribution in [-0.2, 0) is 14.8 Å². The molecule has 1 aromatic carbocycles. The number of rotatable bonds is 4. The van der Waals surface area contributed by atoms with Crippen LogP contribution < -0.4 is 10.6 Å². The second-order valence-corrected chi connectivity index (χ2v) is 8.33. The van der Waals surface area contributed by atoms with Crippen LogP contribution in [0.5, 0.6) is 0 Å². The molecule has 122 valence electrons. The van der Waals surface area contributed by atoms with Gasteiger partial charge in [-0.3, -0.25) is 4.79 Å². The van der Waals surface area contributed by atoms with Gasteiger partial charge in [0.2, 0.25) is 15.9 Å². The van der Waals surface area contributed by atoms with Gasteiger partial charge in [0.15, 0.2) is 0 Å². The summed E-state index contributed by atoms with van der Waals surface area (Å²) in [6.07, 6.45) is 0.771. The van der Waals surface area contributed by atoms with Crippen LogP contribution in [0.1, 0.15) is 18.9 Å². The Hall–Kier alpha value is -1.44. The lowest BCUT2D eigenvalue weighted by molar-refractivity contribution is -0.123. The van der Waals surface area contributed by atoms with Crippen molar-refractivity contribution in [3.05, 3.63) is 23.8 Å². The van der Waals surface area contributed by atoms with Gasteiger partial charge in [-0.1, -0.05) is 6.07 Å². The summed E-state index contributed by atoms with van der Waals surface area (Å²) in [4.78, 5) is 12.6. The first kappa shape index (κ1) is 16.9. The quantitative estimate of drug-likeness (QED) is 0.871. The van der Waals surface area contributed by atoms with Crippen LogP contribution in [0.4, 0.5) is 5.69 Å². The molecular weight excluding hydrogens is 302 g/mol. The lowest BCUT2D eigenvalue weighted by Crippen LogP contribution is -2.35. The molecule has 1 aliphatic rings. The maximum absolute atomic E-state index is 12.4. The van der Waals surface area contributed by atoms with Gasteiger partial charge in [0, 0.05) is 26.3 Å². The first-order chi connectivity index (χ1) is 10.2. The third-order valence-corrected chi connectivity index (χ3v) is 6.08. The van der Waals surface area contributed by atoms with Crippen LogP contribution in [0.2, 0.25) is 0 Å². The monoisotopic (exact) mass is 325 g/mol. The van der Waals surface area contributed by atoms with Gasteiger partial charge >= 0.3 is 0 Å². The van der Waals surface area contributed by atoms with Gasteiger partial charge < -0.3 is 10.6 Å². The fourth-order valence-corrected chi connectivity index (χ4v) is 3.59. The number of aryl methyl sites for hydroxylation is 1. The molecule has 1 unspecified atom stereocenters. The smallest absolute Gasteiger partial charge is 0.242 e. The minimum Gasteiger partial charge on any atom is -0.326 e. The Balaban J connectivity index is 2.29. The van der Waals surface area contributed by atoms with E-state index in [1.807, 2.05) is 6.92 Å². The molecule has 2 rings (SSSR count). The Morgan fingerprint density at radius 1 is 1.36 bits per heavy atom. The van der Waals surface area contributed by atoms with Crippen molar-refractivity contribution >= 4 is 21.6 Å². The summed E-state index contributed by atoms with van der Waals surface area (Å²) in [6.45, 7) is 5.10. The number of carbonyl (C=O) groups is 1. The van der Waals surface area contributed by atoms with E-state index in [4.69, 9.17) is 0 Å². The van der Waals surface area contributed by atoms with Gasteiger partial charge in [-0.25, -0.2) is 12.7 Å². The molecule has 0 aliphatic carbocycles. The zero-order valence-corrected chi connectivity index (χ0v) is 14.3. The molecule has 2 N–H and O–H groups in total. The molecule has 0 radical (unpaired) electrons. The Morgan fingerprint density at radius 3 is 2.59 bits per heavy atom. The highest BCUT2D eigenvalue weighted by molar-refractivity contribution is 7.89. The maximum atomic E-state index is 12.4. The Morgan fingerprint density at radius 2 is 2.05 bits per heavy atom. The summed E-state index contributed by atoms with van der Waals surface area (Å²) in [6, 6.07) is 4.96. The largest absolute Gasteiger partial charge is 0.326 e. The third kappa shape index (κ3) is 3.16. The number of hydrogen-bond acceptors (Lipinski definition) is 4. The molecule has 1 aromatic rings. The van der Waals surface area contributed by atoms with Crippen molar-refractivity contribution in [3.8, 4) is 0 Å². The van der Waals surface area contributed by atoms with Gasteiger partial charge in [-0.2, -0.15) is 0 Å². The zero-order valence-electron chi connectivity index (χ0n) is 13.4. The van der Waals surface area contributed by atoms with Crippen LogP contribution in [0.25, 0.3) is 0 Å². The molecule has 0 bridgehead atoms. The average molecular weight is 325 g/mol. The van der Waals surface area contributed by atoms with E-state index in [1.165, 1.54) is 24.5 Å². The van der Waals surface area contributed by atoms with Crippen molar-refractivity contribution in [3.63, 3.8) is 0 Å². The normalized spacial score (nSPS) is 22.0. The van der Waals surface area contributed by atoms with Crippen LogP contribution in [0.15, 0.2) is 23.1 Å². The summed E-state index contributed by atoms with van der Waals surface area (Å²) >= 11 is 0. The van der Waals surface area contributed by atoms with Crippen molar-refractivity contribution < 1.29 is 13.2 Å². The number of sulfonamides is 1. The van der Waals surface area contributed by atoms with Gasteiger partial charge in [-0.05, 0) is 44.5 Å². The first-order valence-electron chi connectivity index (χ1n) is 7.22. The number of nitrogens with zero attached hydrogens (tertiary/aromatic N) is 1. The lowest BCUT2D eigenvalue weighted by atomic mass is 9.89. The van der Waals surface area contributed by atoms with Crippen molar-refractivity contribution in [2.24, 2.45) is 5.41 Å². The SMILES string of the molecule is Cc1ccc(NC(=O)C2(C)CCNC2)cc1S(=O)(=O)N(C)C. The Bertz CT molecular complexity index is 677. The number of carbonyl (C=O) groups excluding carboxylic acids is 1. The van der Waals surface area contributed by atoms with Crippen LogP contribution >= 0.6 is 0 Å². The number of hydrogen-bond donors (Lipinski definition) is 2. The molecule has 1 heterocycles. The highest BCUT2D eigenvalue weighted by atomic mass is 32.2. The van der Waals surface area contributed by atoms with Crippen molar-refractivity contribution in [1.29, 1.82) is 0 Å². The highest BCUT2D eigenvalue weighted by Crippen LogP contribution is 2.28. The molecule has 1 atom stereocenters. The van der Waals surface area contributed by atoms with E-state index < -0.39 is 15.4 Å². The fraction of sp³-hybridized carbons (Fsp3) is 0.533. The molecule has 1 aliphatic heterocycles. The van der Waals surface area contributed by atoms with Crippen LogP contribution in [0.3, 0.4) is 0 Å². The Kier molecular flexibility index (Phi) is 4.60. The molecule has 6 nitrogen and oxygen atoms in total. The summed E-state index contributed by atoms with van der Waals surface area (Å²) in [5.41, 5.74) is 0.704. The molecule has 7 heteroatoms. The molecular formula is C15H23N3O3S. The van der Waals surface area contributed by atoms with Crippen molar-refractivity contribution in [2.75, 3.05) is 32.5 Å². The van der Waals surface area contributed by atoms with E-state index in [-0.39, 0.29) is 10.8 Å². The van der Waals surface area contributed by atoms with E-state index in [9.17, 15) is 13.2 Å². The second-order valence-electron chi connectivity index (χ2n) is 6.21. The summed E-state index contributed by atoms with van der Waals surface area (Å²) in [5, 5.41) is 6.02. The minimum absolute atomic E-state index is 0.0884. The molecule has 22 heavy (non-hydrogen) atoms. The van der Waals surface area contributed by atoms with E-state index in [1.54, 1.807) is 19.1 Å². The van der Waals surface area contributed by atoms with Gasteiger partial charge in [0.25, 0.3) is 0 Å². The summed E-state index contributed by atoms with van der Waals surface area (Å²) < 4.78 is 25.8. The van der Waals surface area contributed by atoms with Gasteiger partial charge in [0.05, 0.1) is 10.3 Å². The summed E-state index contributed by atoms with van der Waals surface area (Å²) in [5.74, 6) is -0.0884. The Labute approximate surface area is 131 Å². The predicted octanol–water partition coefficient (Wildman–Crippen LogP) is 1.18. The van der Waals surface area contributed by atoms with Crippen molar-refractivity contribution in [1.82, 2.24) is 9.62 Å². The molecule has 0 spiro atoms. The summed E-state index contributed by atoms with van der Waals surface area (Å²) in [7, 11) is -0.548. The third-order valence-electron chi connectivity index (χ3n) is 4.12. The molecule has 0 saturated carbocycles. The van der Waals surface area contributed by atoms with E-state index in [2.05, 4.69) is 10.6 Å². The topological polar surface area (TPSA) is 78.5 Å². The fourth-order valence-electron chi connectivity index (χ4n) is 2.45. The molecule has 1 fully saturated rings. The standard InChI is InChI=1S/C15H23N3O3S/c1-11-5-6-12(9-13(11)22(20,21)18(3)4)17-14(19)15(2)7-8-16-10-15/h5-6,9,16H,7-8,10H2,1-4H3,(H,17,19). The number of benzene rings is 1. The highest BCUT2D eigenvalue weighted by Gasteiger charge is 2.36. The van der Waals surface area contributed by atoms with Crippen molar-refractivity contribution in [2.45, 2.75) is 25.2 Å². The van der Waals surface area contributed by atoms with E-state index >= 15 is 0 Å². The predicted molar refractivity (Wildman–Crippen MR) is 86.3 cm³/mol. The van der Waals surface area contributed by atoms with E-state index in [0.29, 0.717) is 17.8 Å². The second kappa shape index (κ2) is 5.98. The van der Waals surface area contributed by atoms with Crippen LogP contribution in [-0.4, -0.2) is 45.8 Å². The average Bonchev–Trinajstić information content (AvgIpc) is 2.89. The number of amides is 1. The van der Waals surface area contributed by atoms with Gasteiger partial charge in [0.1, 0.15) is 0 Å². The first-order valence-corrected chi connectivity index (χ1v) is 8.66. The number of nitrogens with one attached hydrogen (secondary N) is 2. The molecule has 0 aromatic heterocycles. The minimum atomic E-state index is -3.53. The molecule has 1 amide bonds. The number of anilines is 1.